The Morgan fingerprint density at radius 3 is 2.50 bits per heavy atom. The number of anilines is 2. The van der Waals surface area contributed by atoms with Gasteiger partial charge in [-0.05, 0) is 0 Å². The zero-order chi connectivity index (χ0) is 20.3. The number of hydrogen-bond donors (Lipinski definition) is 2. The number of rotatable bonds is 5. The van der Waals surface area contributed by atoms with Gasteiger partial charge in [0.05, 0.1) is 37.0 Å². The standard InChI is InChI=1S/C19H26N10O/c20-18-22-11-14(12-23-18)16-15-13-24-29(6-5-27-3-1-21-2-4-27)17(15)26-19(25-16)28-7-9-30-10-8-28/h11-13,21H,1-10H2,(H2,20,22,23). The van der Waals surface area contributed by atoms with Gasteiger partial charge in [0.15, 0.2) is 5.65 Å². The average molecular weight is 410 g/mol. The lowest BCUT2D eigenvalue weighted by atomic mass is 10.2. The van der Waals surface area contributed by atoms with Crippen LogP contribution in [0.2, 0.25) is 0 Å². The molecule has 0 unspecified atom stereocenters. The first-order valence-electron chi connectivity index (χ1n) is 10.3. The van der Waals surface area contributed by atoms with E-state index in [1.807, 2.05) is 10.9 Å². The van der Waals surface area contributed by atoms with E-state index in [0.29, 0.717) is 19.2 Å². The molecule has 0 aliphatic carbocycles. The van der Waals surface area contributed by atoms with Crippen molar-refractivity contribution < 1.29 is 4.74 Å². The summed E-state index contributed by atoms with van der Waals surface area (Å²) in [6, 6.07) is 0. The van der Waals surface area contributed by atoms with E-state index in [1.54, 1.807) is 12.4 Å². The Hall–Kier alpha value is -2.89. The zero-order valence-electron chi connectivity index (χ0n) is 16.9. The molecule has 2 saturated heterocycles. The van der Waals surface area contributed by atoms with Crippen LogP contribution < -0.4 is 16.0 Å². The molecule has 0 bridgehead atoms. The van der Waals surface area contributed by atoms with Gasteiger partial charge < -0.3 is 20.7 Å². The lowest BCUT2D eigenvalue weighted by molar-refractivity contribution is 0.122. The van der Waals surface area contributed by atoms with Gasteiger partial charge in [-0.25, -0.2) is 19.6 Å². The van der Waals surface area contributed by atoms with Gasteiger partial charge in [-0.2, -0.15) is 10.1 Å². The highest BCUT2D eigenvalue weighted by Gasteiger charge is 2.20. The molecule has 5 rings (SSSR count). The third-order valence-corrected chi connectivity index (χ3v) is 5.56. The highest BCUT2D eigenvalue weighted by atomic mass is 16.5. The maximum absolute atomic E-state index is 5.68. The summed E-state index contributed by atoms with van der Waals surface area (Å²) in [5.74, 6) is 0.922. The molecular weight excluding hydrogens is 384 g/mol. The molecule has 3 N–H and O–H groups in total. The summed E-state index contributed by atoms with van der Waals surface area (Å²) in [6.45, 7) is 8.76. The second-order valence-electron chi connectivity index (χ2n) is 7.50. The number of nitrogen functional groups attached to an aromatic ring is 1. The first-order chi connectivity index (χ1) is 14.8. The summed E-state index contributed by atoms with van der Waals surface area (Å²) >= 11 is 0. The number of aromatic nitrogens is 6. The minimum atomic E-state index is 0.240. The molecule has 11 heteroatoms. The highest BCUT2D eigenvalue weighted by molar-refractivity contribution is 5.90. The van der Waals surface area contributed by atoms with Crippen LogP contribution in [-0.4, -0.2) is 93.6 Å². The Morgan fingerprint density at radius 2 is 1.73 bits per heavy atom. The quantitative estimate of drug-likeness (QED) is 0.575. The molecule has 3 aromatic rings. The van der Waals surface area contributed by atoms with Gasteiger partial charge in [0.2, 0.25) is 11.9 Å². The Balaban J connectivity index is 1.52. The monoisotopic (exact) mass is 410 g/mol. The van der Waals surface area contributed by atoms with Gasteiger partial charge in [-0.1, -0.05) is 0 Å². The van der Waals surface area contributed by atoms with Crippen LogP contribution in [-0.2, 0) is 11.3 Å². The van der Waals surface area contributed by atoms with Crippen LogP contribution >= 0.6 is 0 Å². The van der Waals surface area contributed by atoms with Gasteiger partial charge in [0.1, 0.15) is 0 Å². The topological polar surface area (TPSA) is 123 Å². The third-order valence-electron chi connectivity index (χ3n) is 5.56. The van der Waals surface area contributed by atoms with Crippen LogP contribution in [0.25, 0.3) is 22.3 Å². The molecule has 0 radical (unpaired) electrons. The molecule has 5 heterocycles. The van der Waals surface area contributed by atoms with Gasteiger partial charge in [-0.3, -0.25) is 4.90 Å². The SMILES string of the molecule is Nc1ncc(-c2nc(N3CCOCC3)nc3c2cnn3CCN2CCNCC2)cn1. The van der Waals surface area contributed by atoms with Crippen molar-refractivity contribution in [1.29, 1.82) is 0 Å². The van der Waals surface area contributed by atoms with Crippen LogP contribution in [0.4, 0.5) is 11.9 Å². The van der Waals surface area contributed by atoms with Crippen LogP contribution in [0.15, 0.2) is 18.6 Å². The van der Waals surface area contributed by atoms with Crippen molar-refractivity contribution in [2.45, 2.75) is 6.54 Å². The van der Waals surface area contributed by atoms with Crippen molar-refractivity contribution >= 4 is 22.9 Å². The molecule has 3 aromatic heterocycles. The summed E-state index contributed by atoms with van der Waals surface area (Å²) in [6.07, 6.45) is 5.23. The second-order valence-corrected chi connectivity index (χ2v) is 7.50. The summed E-state index contributed by atoms with van der Waals surface area (Å²) in [4.78, 5) is 22.6. The number of nitrogens with one attached hydrogen (secondary N) is 1. The highest BCUT2D eigenvalue weighted by Crippen LogP contribution is 2.28. The van der Waals surface area contributed by atoms with Crippen molar-refractivity contribution in [3.8, 4) is 11.3 Å². The van der Waals surface area contributed by atoms with Crippen molar-refractivity contribution in [2.24, 2.45) is 0 Å². The molecular formula is C19H26N10O. The first kappa shape index (κ1) is 19.1. The summed E-state index contributed by atoms with van der Waals surface area (Å²) in [5, 5.41) is 8.91. The Bertz CT molecular complexity index is 992. The Morgan fingerprint density at radius 1 is 0.967 bits per heavy atom. The maximum atomic E-state index is 5.68. The minimum absolute atomic E-state index is 0.240. The van der Waals surface area contributed by atoms with E-state index in [4.69, 9.17) is 20.4 Å². The molecule has 2 aliphatic heterocycles. The molecule has 11 nitrogen and oxygen atoms in total. The molecule has 0 atom stereocenters. The number of nitrogens with two attached hydrogens (primary N) is 1. The van der Waals surface area contributed by atoms with Crippen LogP contribution in [0.5, 0.6) is 0 Å². The van der Waals surface area contributed by atoms with E-state index in [2.05, 4.69) is 30.2 Å². The molecule has 0 aromatic carbocycles. The maximum Gasteiger partial charge on any atom is 0.228 e. The predicted octanol–water partition coefficient (Wildman–Crippen LogP) is -0.393. The van der Waals surface area contributed by atoms with Gasteiger partial charge >= 0.3 is 0 Å². The Kier molecular flexibility index (Phi) is 5.39. The molecule has 0 saturated carbocycles. The summed E-state index contributed by atoms with van der Waals surface area (Å²) in [7, 11) is 0. The summed E-state index contributed by atoms with van der Waals surface area (Å²) < 4.78 is 7.47. The lowest BCUT2D eigenvalue weighted by Crippen LogP contribution is -2.44. The van der Waals surface area contributed by atoms with Gasteiger partial charge in [0, 0.05) is 63.8 Å². The lowest BCUT2D eigenvalue weighted by Gasteiger charge is -2.27. The summed E-state index contributed by atoms with van der Waals surface area (Å²) in [5.41, 5.74) is 8.08. The smallest absolute Gasteiger partial charge is 0.228 e. The van der Waals surface area contributed by atoms with Gasteiger partial charge in [0.25, 0.3) is 0 Å². The largest absolute Gasteiger partial charge is 0.378 e. The molecule has 0 spiro atoms. The van der Waals surface area contributed by atoms with Crippen LogP contribution in [0.1, 0.15) is 0 Å². The average Bonchev–Trinajstić information content (AvgIpc) is 3.22. The second kappa shape index (κ2) is 8.46. The fraction of sp³-hybridized carbons (Fsp3) is 0.526. The molecule has 0 amide bonds. The predicted molar refractivity (Wildman–Crippen MR) is 113 cm³/mol. The van der Waals surface area contributed by atoms with Gasteiger partial charge in [-0.15, -0.1) is 0 Å². The van der Waals surface area contributed by atoms with Crippen molar-refractivity contribution in [2.75, 3.05) is 69.7 Å². The zero-order valence-corrected chi connectivity index (χ0v) is 16.9. The first-order valence-corrected chi connectivity index (χ1v) is 10.3. The number of fused-ring (bicyclic) bond motifs is 1. The number of morpholine rings is 1. The molecule has 2 fully saturated rings. The van der Waals surface area contributed by atoms with Crippen molar-refractivity contribution in [3.05, 3.63) is 18.6 Å². The molecule has 2 aliphatic rings. The number of hydrogen-bond acceptors (Lipinski definition) is 10. The molecule has 30 heavy (non-hydrogen) atoms. The fourth-order valence-electron chi connectivity index (χ4n) is 3.86. The normalized spacial score (nSPS) is 18.2. The Labute approximate surface area is 174 Å². The van der Waals surface area contributed by atoms with Crippen LogP contribution in [0.3, 0.4) is 0 Å². The fourth-order valence-corrected chi connectivity index (χ4v) is 3.86. The van der Waals surface area contributed by atoms with E-state index >= 15 is 0 Å². The van der Waals surface area contributed by atoms with E-state index < -0.39 is 0 Å². The van der Waals surface area contributed by atoms with Crippen LogP contribution in [0, 0.1) is 0 Å². The van der Waals surface area contributed by atoms with E-state index in [0.717, 1.165) is 74.6 Å². The van der Waals surface area contributed by atoms with E-state index in [1.165, 1.54) is 0 Å². The number of nitrogens with zero attached hydrogens (tertiary/aromatic N) is 8. The number of ether oxygens (including phenoxy) is 1. The number of piperazine rings is 1. The minimum Gasteiger partial charge on any atom is -0.378 e. The third kappa shape index (κ3) is 3.91. The van der Waals surface area contributed by atoms with Crippen molar-refractivity contribution in [3.63, 3.8) is 0 Å². The van der Waals surface area contributed by atoms with E-state index in [9.17, 15) is 0 Å². The van der Waals surface area contributed by atoms with E-state index in [-0.39, 0.29) is 5.95 Å². The molecule has 158 valence electrons. The van der Waals surface area contributed by atoms with Crippen molar-refractivity contribution in [1.82, 2.24) is 39.9 Å².